The summed E-state index contributed by atoms with van der Waals surface area (Å²) in [6, 6.07) is 2.27. The van der Waals surface area contributed by atoms with E-state index in [-0.39, 0.29) is 0 Å². The minimum absolute atomic E-state index is 0.438. The van der Waals surface area contributed by atoms with Gasteiger partial charge in [0, 0.05) is 11.5 Å². The largest absolute Gasteiger partial charge is 0.445 e. The number of hydrogen-bond donors (Lipinski definition) is 1. The molecule has 2 N–H and O–H groups in total. The third kappa shape index (κ3) is 1.75. The lowest BCUT2D eigenvalue weighted by Gasteiger charge is -2.54. The molecule has 0 aromatic carbocycles. The Balaban J connectivity index is 1.69. The lowest BCUT2D eigenvalue weighted by Crippen LogP contribution is -2.43. The Labute approximate surface area is 115 Å². The van der Waals surface area contributed by atoms with Crippen LogP contribution in [0.5, 0.6) is 0 Å². The van der Waals surface area contributed by atoms with E-state index in [1.54, 1.807) is 0 Å². The molecule has 4 fully saturated rings. The Hall–Kier alpha value is -0.920. The summed E-state index contributed by atoms with van der Waals surface area (Å²) in [5.74, 6) is 6.74. The molecule has 19 heavy (non-hydrogen) atoms. The van der Waals surface area contributed by atoms with Crippen LogP contribution in [0.2, 0.25) is 0 Å². The second-order valence-corrected chi connectivity index (χ2v) is 7.58. The summed E-state index contributed by atoms with van der Waals surface area (Å²) in [6.07, 6.45) is 7.29. The molecule has 2 nitrogen and oxygen atoms in total. The molecule has 0 saturated heterocycles. The van der Waals surface area contributed by atoms with Gasteiger partial charge in [-0.2, -0.15) is 0 Å². The highest BCUT2D eigenvalue weighted by Crippen LogP contribution is 2.60. The van der Waals surface area contributed by atoms with Gasteiger partial charge in [-0.05, 0) is 67.8 Å². The number of rotatable bonds is 2. The molecule has 0 unspecified atom stereocenters. The Morgan fingerprint density at radius 1 is 1.05 bits per heavy atom. The molecule has 1 aromatic heterocycles. The summed E-state index contributed by atoms with van der Waals surface area (Å²) in [5, 5.41) is 0. The van der Waals surface area contributed by atoms with E-state index in [0.29, 0.717) is 17.7 Å². The zero-order valence-electron chi connectivity index (χ0n) is 12.1. The molecule has 4 aliphatic carbocycles. The van der Waals surface area contributed by atoms with Crippen LogP contribution in [0.3, 0.4) is 0 Å². The molecule has 0 radical (unpaired) electrons. The number of nitrogen functional groups attached to an aromatic ring is 1. The number of furan rings is 1. The van der Waals surface area contributed by atoms with Crippen molar-refractivity contribution in [2.75, 3.05) is 5.73 Å². The van der Waals surface area contributed by atoms with Crippen LogP contribution < -0.4 is 5.73 Å². The van der Waals surface area contributed by atoms with E-state index in [9.17, 15) is 0 Å². The first-order valence-electron chi connectivity index (χ1n) is 8.01. The highest BCUT2D eigenvalue weighted by atomic mass is 16.4. The molecular weight excluding hydrogens is 234 g/mol. The smallest absolute Gasteiger partial charge is 0.193 e. The fourth-order valence-corrected chi connectivity index (χ4v) is 5.42. The highest BCUT2D eigenvalue weighted by molar-refractivity contribution is 5.43. The number of hydrogen-bond acceptors (Lipinski definition) is 2. The lowest BCUT2D eigenvalue weighted by atomic mass is 9.51. The maximum absolute atomic E-state index is 6.19. The van der Waals surface area contributed by atoms with Gasteiger partial charge < -0.3 is 10.2 Å². The van der Waals surface area contributed by atoms with Crippen molar-refractivity contribution in [2.24, 2.45) is 23.7 Å². The van der Waals surface area contributed by atoms with Gasteiger partial charge in [0.25, 0.3) is 0 Å². The summed E-state index contributed by atoms with van der Waals surface area (Å²) in [5.41, 5.74) is 7.54. The normalized spacial score (nSPS) is 40.3. The summed E-state index contributed by atoms with van der Waals surface area (Å²) in [7, 11) is 0. The molecule has 1 heterocycles. The number of anilines is 1. The highest BCUT2D eigenvalue weighted by Gasteiger charge is 2.49. The van der Waals surface area contributed by atoms with E-state index >= 15 is 0 Å². The van der Waals surface area contributed by atoms with Crippen LogP contribution in [0.15, 0.2) is 10.5 Å². The van der Waals surface area contributed by atoms with E-state index in [2.05, 4.69) is 19.9 Å². The molecule has 4 bridgehead atoms. The predicted octanol–water partition coefficient (Wildman–Crippen LogP) is 4.52. The van der Waals surface area contributed by atoms with Gasteiger partial charge in [-0.15, -0.1) is 0 Å². The first kappa shape index (κ1) is 11.9. The third-order valence-electron chi connectivity index (χ3n) is 5.96. The summed E-state index contributed by atoms with van der Waals surface area (Å²) < 4.78 is 5.81. The lowest BCUT2D eigenvalue weighted by molar-refractivity contribution is -0.00266. The topological polar surface area (TPSA) is 39.2 Å². The standard InChI is InChI=1S/C17H25NO/c1-9(2)15-8-14(17(18)19-15)16-12-4-10-3-11(6-12)7-13(16)5-10/h8-13,16H,3-7,18H2,1-2H3. The van der Waals surface area contributed by atoms with Crippen molar-refractivity contribution in [3.8, 4) is 0 Å². The van der Waals surface area contributed by atoms with Crippen molar-refractivity contribution >= 4 is 5.88 Å². The van der Waals surface area contributed by atoms with Gasteiger partial charge in [0.2, 0.25) is 0 Å². The van der Waals surface area contributed by atoms with Gasteiger partial charge in [0.15, 0.2) is 5.88 Å². The molecule has 4 saturated carbocycles. The second-order valence-electron chi connectivity index (χ2n) is 7.58. The molecule has 0 spiro atoms. The van der Waals surface area contributed by atoms with Crippen molar-refractivity contribution in [2.45, 2.75) is 57.8 Å². The van der Waals surface area contributed by atoms with Crippen molar-refractivity contribution in [1.82, 2.24) is 0 Å². The summed E-state index contributed by atoms with van der Waals surface area (Å²) in [6.45, 7) is 4.36. The van der Waals surface area contributed by atoms with Crippen molar-refractivity contribution < 1.29 is 4.42 Å². The molecule has 5 rings (SSSR count). The molecule has 4 aliphatic rings. The maximum Gasteiger partial charge on any atom is 0.193 e. The van der Waals surface area contributed by atoms with Gasteiger partial charge in [-0.3, -0.25) is 0 Å². The van der Waals surface area contributed by atoms with E-state index in [0.717, 1.165) is 29.4 Å². The van der Waals surface area contributed by atoms with Crippen LogP contribution in [0.25, 0.3) is 0 Å². The molecule has 2 heteroatoms. The zero-order valence-corrected chi connectivity index (χ0v) is 12.1. The van der Waals surface area contributed by atoms with Crippen LogP contribution in [-0.2, 0) is 0 Å². The average Bonchev–Trinajstić information content (AvgIpc) is 2.70. The van der Waals surface area contributed by atoms with Crippen molar-refractivity contribution in [3.63, 3.8) is 0 Å². The summed E-state index contributed by atoms with van der Waals surface area (Å²) in [4.78, 5) is 0. The monoisotopic (exact) mass is 259 g/mol. The van der Waals surface area contributed by atoms with E-state index in [4.69, 9.17) is 10.2 Å². The minimum atomic E-state index is 0.438. The zero-order chi connectivity index (χ0) is 13.1. The third-order valence-corrected chi connectivity index (χ3v) is 5.96. The Morgan fingerprint density at radius 2 is 1.63 bits per heavy atom. The van der Waals surface area contributed by atoms with Crippen LogP contribution in [0.1, 0.15) is 69.1 Å². The first-order chi connectivity index (χ1) is 9.11. The van der Waals surface area contributed by atoms with Gasteiger partial charge in [-0.25, -0.2) is 0 Å². The first-order valence-corrected chi connectivity index (χ1v) is 8.01. The van der Waals surface area contributed by atoms with Crippen LogP contribution in [-0.4, -0.2) is 0 Å². The van der Waals surface area contributed by atoms with E-state index in [1.807, 2.05) is 0 Å². The molecule has 0 amide bonds. The summed E-state index contributed by atoms with van der Waals surface area (Å²) >= 11 is 0. The maximum atomic E-state index is 6.19. The number of nitrogens with two attached hydrogens (primary N) is 1. The molecule has 0 atom stereocenters. The average molecular weight is 259 g/mol. The fraction of sp³-hybridized carbons (Fsp3) is 0.765. The molecule has 1 aromatic rings. The van der Waals surface area contributed by atoms with Gasteiger partial charge >= 0.3 is 0 Å². The van der Waals surface area contributed by atoms with Crippen molar-refractivity contribution in [1.29, 1.82) is 0 Å². The fourth-order valence-electron chi connectivity index (χ4n) is 5.42. The Morgan fingerprint density at radius 3 is 2.11 bits per heavy atom. The Kier molecular flexibility index (Phi) is 2.52. The van der Waals surface area contributed by atoms with Gasteiger partial charge in [0.1, 0.15) is 5.76 Å². The molecule has 0 aliphatic heterocycles. The predicted molar refractivity (Wildman–Crippen MR) is 77.0 cm³/mol. The second kappa shape index (κ2) is 4.04. The minimum Gasteiger partial charge on any atom is -0.445 e. The molecular formula is C17H25NO. The van der Waals surface area contributed by atoms with Gasteiger partial charge in [0.05, 0.1) is 0 Å². The van der Waals surface area contributed by atoms with E-state index in [1.165, 1.54) is 37.7 Å². The van der Waals surface area contributed by atoms with Gasteiger partial charge in [-0.1, -0.05) is 13.8 Å². The SMILES string of the molecule is CC(C)c1cc(C2C3CC4CC(C3)CC2C4)c(N)o1. The quantitative estimate of drug-likeness (QED) is 0.847. The van der Waals surface area contributed by atoms with Crippen molar-refractivity contribution in [3.05, 3.63) is 17.4 Å². The Bertz CT molecular complexity index is 459. The van der Waals surface area contributed by atoms with Crippen LogP contribution >= 0.6 is 0 Å². The van der Waals surface area contributed by atoms with Crippen LogP contribution in [0.4, 0.5) is 5.88 Å². The molecule has 104 valence electrons. The van der Waals surface area contributed by atoms with Crippen LogP contribution in [0, 0.1) is 23.7 Å². The van der Waals surface area contributed by atoms with E-state index < -0.39 is 0 Å².